The highest BCUT2D eigenvalue weighted by Gasteiger charge is 2.19. The molecule has 104 valence electrons. The molecular weight excluding hydrogens is 272 g/mol. The first-order chi connectivity index (χ1) is 8.99. The minimum atomic E-state index is -1.19. The summed E-state index contributed by atoms with van der Waals surface area (Å²) in [5, 5.41) is 25.7. The van der Waals surface area contributed by atoms with E-state index in [0.717, 1.165) is 0 Å². The van der Waals surface area contributed by atoms with Gasteiger partial charge in [-0.05, 0) is 24.3 Å². The van der Waals surface area contributed by atoms with E-state index in [9.17, 15) is 14.4 Å². The van der Waals surface area contributed by atoms with Crippen LogP contribution in [0.5, 0.6) is 0 Å². The monoisotopic (exact) mass is 286 g/mol. The molecule has 0 saturated carbocycles. The topological polar surface area (TPSA) is 116 Å². The minimum absolute atomic E-state index is 0.0681. The molecule has 7 nitrogen and oxygen atoms in total. The average molecular weight is 286 g/mol. The number of hydrogen-bond donors (Lipinski definition) is 4. The second-order valence-electron chi connectivity index (χ2n) is 3.79. The van der Waals surface area contributed by atoms with Gasteiger partial charge in [0.05, 0.1) is 5.69 Å². The van der Waals surface area contributed by atoms with Crippen molar-refractivity contribution in [3.63, 3.8) is 0 Å². The largest absolute Gasteiger partial charge is 0.481 e. The normalized spacial score (nSPS) is 11.6. The van der Waals surface area contributed by atoms with E-state index >= 15 is 0 Å². The van der Waals surface area contributed by atoms with Gasteiger partial charge in [0.2, 0.25) is 0 Å². The Labute approximate surface area is 113 Å². The lowest BCUT2D eigenvalue weighted by atomic mass is 10.1. The molecule has 1 atom stereocenters. The molecule has 1 aromatic rings. The van der Waals surface area contributed by atoms with Crippen molar-refractivity contribution in [3.05, 3.63) is 16.8 Å². The smallest absolute Gasteiger partial charge is 0.326 e. The van der Waals surface area contributed by atoms with E-state index in [-0.39, 0.29) is 19.3 Å². The second kappa shape index (κ2) is 7.37. The number of thiophene rings is 1. The van der Waals surface area contributed by atoms with Crippen molar-refractivity contribution in [2.24, 2.45) is 0 Å². The Hall–Kier alpha value is -2.09. The highest BCUT2D eigenvalue weighted by molar-refractivity contribution is 7.08. The maximum atomic E-state index is 11.5. The quantitative estimate of drug-likeness (QED) is 0.607. The number of anilines is 1. The Balaban J connectivity index is 2.42. The van der Waals surface area contributed by atoms with Crippen LogP contribution < -0.4 is 10.6 Å². The Morgan fingerprint density at radius 2 is 2.05 bits per heavy atom. The average Bonchev–Trinajstić information content (AvgIpc) is 2.79. The zero-order valence-electron chi connectivity index (χ0n) is 9.96. The van der Waals surface area contributed by atoms with Gasteiger partial charge in [-0.2, -0.15) is 11.3 Å². The molecule has 0 fully saturated rings. The van der Waals surface area contributed by atoms with Crippen LogP contribution in [-0.2, 0) is 9.59 Å². The lowest BCUT2D eigenvalue weighted by Crippen LogP contribution is -2.43. The van der Waals surface area contributed by atoms with Gasteiger partial charge in [-0.1, -0.05) is 0 Å². The summed E-state index contributed by atoms with van der Waals surface area (Å²) in [6.07, 6.45) is 0.126. The van der Waals surface area contributed by atoms with Crippen molar-refractivity contribution in [2.45, 2.75) is 25.3 Å². The standard InChI is InChI=1S/C11H14N2O5S/c14-9(15)3-1-2-8(10(16)17)13-11(18)12-7-4-5-19-6-7/h4-6,8H,1-3H2,(H,14,15)(H,16,17)(H2,12,13,18)/t8-/m1/s1. The van der Waals surface area contributed by atoms with Crippen molar-refractivity contribution >= 4 is 35.0 Å². The first-order valence-corrected chi connectivity index (χ1v) is 6.47. The van der Waals surface area contributed by atoms with Crippen LogP contribution in [-0.4, -0.2) is 34.2 Å². The van der Waals surface area contributed by atoms with Crippen molar-refractivity contribution in [3.8, 4) is 0 Å². The van der Waals surface area contributed by atoms with E-state index in [1.54, 1.807) is 16.8 Å². The molecule has 2 amide bonds. The summed E-state index contributed by atoms with van der Waals surface area (Å²) >= 11 is 1.40. The molecule has 1 aromatic heterocycles. The molecule has 0 aliphatic rings. The molecule has 1 heterocycles. The number of aliphatic carboxylic acids is 2. The van der Waals surface area contributed by atoms with Crippen LogP contribution in [0.15, 0.2) is 16.8 Å². The van der Waals surface area contributed by atoms with Crippen molar-refractivity contribution in [1.29, 1.82) is 0 Å². The fraction of sp³-hybridized carbons (Fsp3) is 0.364. The molecule has 19 heavy (non-hydrogen) atoms. The van der Waals surface area contributed by atoms with Crippen LogP contribution in [0.1, 0.15) is 19.3 Å². The van der Waals surface area contributed by atoms with Gasteiger partial charge < -0.3 is 20.8 Å². The fourth-order valence-electron chi connectivity index (χ4n) is 1.38. The highest BCUT2D eigenvalue weighted by atomic mass is 32.1. The van der Waals surface area contributed by atoms with E-state index < -0.39 is 24.0 Å². The first-order valence-electron chi connectivity index (χ1n) is 5.53. The SMILES string of the molecule is O=C(O)CCC[C@@H](NC(=O)Nc1ccsc1)C(=O)O. The predicted octanol–water partition coefficient (Wildman–Crippen LogP) is 1.58. The van der Waals surface area contributed by atoms with Gasteiger partial charge in [-0.3, -0.25) is 4.79 Å². The van der Waals surface area contributed by atoms with E-state index in [0.29, 0.717) is 5.69 Å². The molecule has 4 N–H and O–H groups in total. The maximum absolute atomic E-state index is 11.5. The Morgan fingerprint density at radius 1 is 1.32 bits per heavy atom. The van der Waals surface area contributed by atoms with Gasteiger partial charge in [0, 0.05) is 11.8 Å². The summed E-state index contributed by atoms with van der Waals surface area (Å²) < 4.78 is 0. The lowest BCUT2D eigenvalue weighted by Gasteiger charge is -2.14. The zero-order valence-corrected chi connectivity index (χ0v) is 10.8. The van der Waals surface area contributed by atoms with Gasteiger partial charge in [-0.15, -0.1) is 0 Å². The fourth-order valence-corrected chi connectivity index (χ4v) is 1.96. The molecular formula is C11H14N2O5S. The molecule has 0 aliphatic carbocycles. The molecule has 0 aromatic carbocycles. The molecule has 0 saturated heterocycles. The number of urea groups is 1. The highest BCUT2D eigenvalue weighted by Crippen LogP contribution is 2.11. The summed E-state index contributed by atoms with van der Waals surface area (Å²) in [7, 11) is 0. The van der Waals surface area contributed by atoms with E-state index in [1.165, 1.54) is 11.3 Å². The first kappa shape index (κ1) is 15.0. The van der Waals surface area contributed by atoms with Crippen LogP contribution in [0.3, 0.4) is 0 Å². The number of carboxylic acid groups (broad SMARTS) is 2. The van der Waals surface area contributed by atoms with Crippen LogP contribution >= 0.6 is 11.3 Å². The number of carbonyl (C=O) groups excluding carboxylic acids is 1. The van der Waals surface area contributed by atoms with Gasteiger partial charge >= 0.3 is 18.0 Å². The molecule has 8 heteroatoms. The third kappa shape index (κ3) is 5.87. The van der Waals surface area contributed by atoms with E-state index in [2.05, 4.69) is 10.6 Å². The van der Waals surface area contributed by atoms with Crippen molar-refractivity contribution in [1.82, 2.24) is 5.32 Å². The predicted molar refractivity (Wildman–Crippen MR) is 69.4 cm³/mol. The maximum Gasteiger partial charge on any atom is 0.326 e. The van der Waals surface area contributed by atoms with Crippen LogP contribution in [0, 0.1) is 0 Å². The molecule has 0 radical (unpaired) electrons. The van der Waals surface area contributed by atoms with Gasteiger partial charge in [-0.25, -0.2) is 9.59 Å². The summed E-state index contributed by atoms with van der Waals surface area (Å²) in [4.78, 5) is 32.8. The Bertz CT molecular complexity index is 446. The van der Waals surface area contributed by atoms with Crippen LogP contribution in [0.25, 0.3) is 0 Å². The molecule has 0 aliphatic heterocycles. The summed E-state index contributed by atoms with van der Waals surface area (Å²) in [6, 6.07) is -0.0381. The summed E-state index contributed by atoms with van der Waals surface area (Å²) in [6.45, 7) is 0. The number of nitrogens with one attached hydrogen (secondary N) is 2. The van der Waals surface area contributed by atoms with Gasteiger partial charge in [0.1, 0.15) is 6.04 Å². The summed E-state index contributed by atoms with van der Waals surface area (Å²) in [5.74, 6) is -2.18. The minimum Gasteiger partial charge on any atom is -0.481 e. The number of carbonyl (C=O) groups is 3. The van der Waals surface area contributed by atoms with Gasteiger partial charge in [0.25, 0.3) is 0 Å². The lowest BCUT2D eigenvalue weighted by molar-refractivity contribution is -0.140. The van der Waals surface area contributed by atoms with Gasteiger partial charge in [0.15, 0.2) is 0 Å². The second-order valence-corrected chi connectivity index (χ2v) is 4.57. The molecule has 1 rings (SSSR count). The van der Waals surface area contributed by atoms with E-state index in [1.807, 2.05) is 0 Å². The van der Waals surface area contributed by atoms with Crippen LogP contribution in [0.4, 0.5) is 10.5 Å². The van der Waals surface area contributed by atoms with Crippen molar-refractivity contribution < 1.29 is 24.6 Å². The molecule has 0 spiro atoms. The number of amides is 2. The Kier molecular flexibility index (Phi) is 5.80. The van der Waals surface area contributed by atoms with Crippen LogP contribution in [0.2, 0.25) is 0 Å². The number of hydrogen-bond acceptors (Lipinski definition) is 4. The summed E-state index contributed by atoms with van der Waals surface area (Å²) in [5.41, 5.74) is 0.581. The molecule has 0 bridgehead atoms. The van der Waals surface area contributed by atoms with Crippen molar-refractivity contribution in [2.75, 3.05) is 5.32 Å². The van der Waals surface area contributed by atoms with E-state index in [4.69, 9.17) is 10.2 Å². The third-order valence-corrected chi connectivity index (χ3v) is 2.95. The third-order valence-electron chi connectivity index (χ3n) is 2.27. The number of rotatable bonds is 7. The Morgan fingerprint density at radius 3 is 2.58 bits per heavy atom. The molecule has 0 unspecified atom stereocenters. The number of carboxylic acids is 2. The zero-order chi connectivity index (χ0) is 14.3.